The Kier molecular flexibility index (Phi) is 6.43. The van der Waals surface area contributed by atoms with Gasteiger partial charge in [0.15, 0.2) is 0 Å². The van der Waals surface area contributed by atoms with Crippen LogP contribution in [0.5, 0.6) is 0 Å². The number of thiazole rings is 1. The molecule has 0 N–H and O–H groups in total. The minimum Gasteiger partial charge on any atom is -0.496 e. The lowest BCUT2D eigenvalue weighted by molar-refractivity contribution is -0.665. The highest BCUT2D eigenvalue weighted by atomic mass is 32.2. The van der Waals surface area contributed by atoms with E-state index in [0.29, 0.717) is 0 Å². The Hall–Kier alpha value is -2.76. The molecule has 1 aliphatic heterocycles. The largest absolute Gasteiger partial charge is 0.496 e. The number of thioether (sulfide) groups is 1. The third kappa shape index (κ3) is 4.16. The highest BCUT2D eigenvalue weighted by Gasteiger charge is 2.24. The molecule has 0 spiro atoms. The predicted octanol–water partition coefficient (Wildman–Crippen LogP) is 7.32. The van der Waals surface area contributed by atoms with E-state index in [4.69, 9.17) is 4.74 Å². The Morgan fingerprint density at radius 1 is 1.00 bits per heavy atom. The van der Waals surface area contributed by atoms with E-state index in [-0.39, 0.29) is 0 Å². The lowest BCUT2D eigenvalue weighted by Gasteiger charge is -2.17. The van der Waals surface area contributed by atoms with Crippen LogP contribution in [0.3, 0.4) is 0 Å². The van der Waals surface area contributed by atoms with Gasteiger partial charge in [0.05, 0.1) is 17.8 Å². The van der Waals surface area contributed by atoms with Crippen molar-refractivity contribution in [1.82, 2.24) is 0 Å². The molecule has 3 aromatic rings. The number of aromatic nitrogens is 1. The number of rotatable bonds is 6. The number of nitrogens with zero attached hydrogens (tertiary/aromatic N) is 2. The zero-order valence-electron chi connectivity index (χ0n) is 19.4. The van der Waals surface area contributed by atoms with Crippen molar-refractivity contribution in [2.45, 2.75) is 38.1 Å². The minimum atomic E-state index is 0.965. The molecule has 0 saturated heterocycles. The van der Waals surface area contributed by atoms with Gasteiger partial charge in [-0.15, -0.1) is 0 Å². The van der Waals surface area contributed by atoms with E-state index in [2.05, 4.69) is 96.1 Å². The highest BCUT2D eigenvalue weighted by Crippen LogP contribution is 2.45. The van der Waals surface area contributed by atoms with Crippen molar-refractivity contribution in [3.8, 4) is 0 Å². The summed E-state index contributed by atoms with van der Waals surface area (Å²) in [7, 11) is 1.79. The first-order valence-corrected chi connectivity index (χ1v) is 13.2. The van der Waals surface area contributed by atoms with Gasteiger partial charge in [-0.3, -0.25) is 0 Å². The number of allylic oxidation sites excluding steroid dienone is 5. The Morgan fingerprint density at radius 2 is 1.82 bits per heavy atom. The molecule has 2 aromatic carbocycles. The van der Waals surface area contributed by atoms with E-state index in [9.17, 15) is 0 Å². The average molecular weight is 474 g/mol. The Morgan fingerprint density at radius 3 is 2.64 bits per heavy atom. The van der Waals surface area contributed by atoms with Crippen LogP contribution in [0.4, 0.5) is 5.69 Å². The van der Waals surface area contributed by atoms with E-state index >= 15 is 0 Å². The van der Waals surface area contributed by atoms with Crippen molar-refractivity contribution in [3.05, 3.63) is 93.7 Å². The van der Waals surface area contributed by atoms with Crippen LogP contribution in [0.15, 0.2) is 93.6 Å². The summed E-state index contributed by atoms with van der Waals surface area (Å²) in [4.78, 5) is 3.71. The predicted molar refractivity (Wildman–Crippen MR) is 141 cm³/mol. The van der Waals surface area contributed by atoms with Crippen molar-refractivity contribution >= 4 is 45.1 Å². The molecular formula is C28H29N2OS2+. The van der Waals surface area contributed by atoms with E-state index in [1.54, 1.807) is 7.11 Å². The maximum absolute atomic E-state index is 5.88. The number of ether oxygens (including phenoxy) is 1. The first-order valence-electron chi connectivity index (χ1n) is 11.6. The minimum absolute atomic E-state index is 0.965. The maximum Gasteiger partial charge on any atom is 0.262 e. The molecule has 0 unspecified atom stereocenters. The quantitative estimate of drug-likeness (QED) is 0.349. The molecule has 1 aliphatic carbocycles. The number of para-hydroxylation sites is 2. The first-order chi connectivity index (χ1) is 16.2. The van der Waals surface area contributed by atoms with Gasteiger partial charge in [-0.05, 0) is 68.2 Å². The Labute approximate surface area is 204 Å². The summed E-state index contributed by atoms with van der Waals surface area (Å²) < 4.78 is 9.59. The molecule has 5 rings (SSSR count). The van der Waals surface area contributed by atoms with Gasteiger partial charge in [-0.1, -0.05) is 53.4 Å². The fourth-order valence-electron chi connectivity index (χ4n) is 4.63. The monoisotopic (exact) mass is 473 g/mol. The van der Waals surface area contributed by atoms with Crippen molar-refractivity contribution in [1.29, 1.82) is 0 Å². The summed E-state index contributed by atoms with van der Waals surface area (Å²) in [6.45, 7) is 6.34. The summed E-state index contributed by atoms with van der Waals surface area (Å²) >= 11 is 3.69. The van der Waals surface area contributed by atoms with E-state index in [0.717, 1.165) is 31.7 Å². The fraction of sp³-hybridized carbons (Fsp3) is 0.250. The number of fused-ring (bicyclic) bond motifs is 2. The molecule has 1 aromatic heterocycles. The van der Waals surface area contributed by atoms with Gasteiger partial charge in [0.2, 0.25) is 5.52 Å². The third-order valence-electron chi connectivity index (χ3n) is 6.21. The van der Waals surface area contributed by atoms with E-state index in [1.807, 2.05) is 23.1 Å². The molecule has 0 bridgehead atoms. The Bertz CT molecular complexity index is 1310. The topological polar surface area (TPSA) is 16.4 Å². The highest BCUT2D eigenvalue weighted by molar-refractivity contribution is 8.03. The molecule has 0 saturated carbocycles. The van der Waals surface area contributed by atoms with Crippen molar-refractivity contribution in [3.63, 3.8) is 0 Å². The summed E-state index contributed by atoms with van der Waals surface area (Å²) in [6.07, 6.45) is 11.0. The molecule has 33 heavy (non-hydrogen) atoms. The van der Waals surface area contributed by atoms with Gasteiger partial charge in [0.1, 0.15) is 17.0 Å². The van der Waals surface area contributed by atoms with Crippen LogP contribution in [0.1, 0.15) is 31.7 Å². The second-order valence-electron chi connectivity index (χ2n) is 8.05. The molecule has 0 amide bonds. The zero-order chi connectivity index (χ0) is 22.8. The van der Waals surface area contributed by atoms with Gasteiger partial charge >= 0.3 is 0 Å². The van der Waals surface area contributed by atoms with Crippen molar-refractivity contribution < 1.29 is 9.30 Å². The van der Waals surface area contributed by atoms with Crippen LogP contribution in [-0.4, -0.2) is 13.7 Å². The lowest BCUT2D eigenvalue weighted by Crippen LogP contribution is -2.33. The van der Waals surface area contributed by atoms with Crippen LogP contribution in [0.25, 0.3) is 16.3 Å². The normalized spacial score (nSPS) is 18.5. The smallest absolute Gasteiger partial charge is 0.262 e. The average Bonchev–Trinajstić information content (AvgIpc) is 3.52. The van der Waals surface area contributed by atoms with Crippen LogP contribution in [-0.2, 0) is 11.3 Å². The molecule has 5 heteroatoms. The van der Waals surface area contributed by atoms with E-state index in [1.165, 1.54) is 42.0 Å². The molecule has 3 nitrogen and oxygen atoms in total. The summed E-state index contributed by atoms with van der Waals surface area (Å²) in [5.41, 5.74) is 5.16. The number of anilines is 1. The molecular weight excluding hydrogens is 444 g/mol. The summed E-state index contributed by atoms with van der Waals surface area (Å²) in [6, 6.07) is 17.3. The Balaban J connectivity index is 1.42. The lowest BCUT2D eigenvalue weighted by atomic mass is 10.2. The van der Waals surface area contributed by atoms with Gasteiger partial charge in [-0.25, -0.2) is 0 Å². The number of hydrogen-bond acceptors (Lipinski definition) is 4. The van der Waals surface area contributed by atoms with Crippen molar-refractivity contribution in [2.75, 3.05) is 18.6 Å². The van der Waals surface area contributed by atoms with Crippen LogP contribution in [0.2, 0.25) is 0 Å². The molecule has 0 radical (unpaired) electrons. The van der Waals surface area contributed by atoms with Crippen LogP contribution < -0.4 is 9.47 Å². The van der Waals surface area contributed by atoms with Gasteiger partial charge in [0, 0.05) is 23.6 Å². The number of hydrogen-bond donors (Lipinski definition) is 0. The molecule has 2 aliphatic rings. The number of aryl methyl sites for hydroxylation is 1. The summed E-state index contributed by atoms with van der Waals surface area (Å²) in [5, 5.41) is 2.56. The van der Waals surface area contributed by atoms with Gasteiger partial charge < -0.3 is 9.64 Å². The van der Waals surface area contributed by atoms with Crippen LogP contribution >= 0.6 is 23.1 Å². The molecule has 0 fully saturated rings. The number of methoxy groups -OCH3 is 1. The number of benzene rings is 2. The van der Waals surface area contributed by atoms with Crippen molar-refractivity contribution in [2.24, 2.45) is 0 Å². The fourth-order valence-corrected chi connectivity index (χ4v) is 6.89. The first kappa shape index (κ1) is 22.1. The zero-order valence-corrected chi connectivity index (χ0v) is 21.0. The molecule has 2 heterocycles. The molecule has 168 valence electrons. The second kappa shape index (κ2) is 9.62. The van der Waals surface area contributed by atoms with Gasteiger partial charge in [-0.2, -0.15) is 4.57 Å². The molecule has 0 atom stereocenters. The van der Waals surface area contributed by atoms with Gasteiger partial charge in [0.25, 0.3) is 5.01 Å². The van der Waals surface area contributed by atoms with Crippen LogP contribution in [0, 0.1) is 0 Å². The maximum atomic E-state index is 5.88. The summed E-state index contributed by atoms with van der Waals surface area (Å²) in [5.74, 6) is 1.02. The second-order valence-corrected chi connectivity index (χ2v) is 10.2. The van der Waals surface area contributed by atoms with E-state index < -0.39 is 0 Å². The third-order valence-corrected chi connectivity index (χ3v) is 8.47. The standard InChI is InChI=1S/C28H29N2OS2/c1-4-29-22-10-6-8-12-24(22)32-26(29)18-16-20-14-15-21(28(20)31-3)17-19-27-30(5-2)23-11-7-9-13-25(23)33-27/h6-13,16-19H,4-5,14-15H2,1-3H3/q+1. The SMILES string of the molecule is CCN1C(=CC=C2CCC(C=Cc3sc4ccccc4[n+]3CC)=C2OC)Sc2ccccc21.